The molecule has 3 aliphatic heterocycles. The van der Waals surface area contributed by atoms with Crippen molar-refractivity contribution in [3.8, 4) is 0 Å². The number of likely N-dealkylation sites (tertiary alicyclic amines) is 2. The molecule has 3 saturated heterocycles. The molecule has 0 bridgehead atoms. The van der Waals surface area contributed by atoms with Gasteiger partial charge >= 0.3 is 0 Å². The van der Waals surface area contributed by atoms with Gasteiger partial charge in [0.25, 0.3) is 0 Å². The predicted octanol–water partition coefficient (Wildman–Crippen LogP) is 2.60. The molecule has 0 radical (unpaired) electrons. The molecular weight excluding hydrogens is 324 g/mol. The zero-order valence-corrected chi connectivity index (χ0v) is 15.1. The van der Waals surface area contributed by atoms with E-state index in [1.54, 1.807) is 0 Å². The molecule has 3 fully saturated rings. The van der Waals surface area contributed by atoms with Gasteiger partial charge in [-0.3, -0.25) is 9.69 Å². The summed E-state index contributed by atoms with van der Waals surface area (Å²) in [7, 11) is 2.22. The SMILES string of the molecule is CN1C[C@H]2CN(C(=O)C3CCOCC3)C[C@H]2[C@@H]1c1ccccc1.Cl. The van der Waals surface area contributed by atoms with Gasteiger partial charge in [-0.2, -0.15) is 0 Å². The Morgan fingerprint density at radius 3 is 2.50 bits per heavy atom. The molecular formula is C19H27ClN2O2. The first-order valence-corrected chi connectivity index (χ1v) is 8.86. The Morgan fingerprint density at radius 1 is 1.08 bits per heavy atom. The van der Waals surface area contributed by atoms with Crippen LogP contribution in [0.2, 0.25) is 0 Å². The van der Waals surface area contributed by atoms with E-state index in [0.717, 1.165) is 45.7 Å². The molecule has 0 aliphatic carbocycles. The first kappa shape index (κ1) is 17.7. The maximum atomic E-state index is 12.8. The molecule has 1 aromatic rings. The van der Waals surface area contributed by atoms with E-state index in [1.807, 2.05) is 0 Å². The minimum atomic E-state index is 0. The van der Waals surface area contributed by atoms with Crippen LogP contribution in [-0.4, -0.2) is 55.6 Å². The molecule has 0 unspecified atom stereocenters. The number of carbonyl (C=O) groups is 1. The second kappa shape index (κ2) is 7.42. The summed E-state index contributed by atoms with van der Waals surface area (Å²) in [4.78, 5) is 17.4. The minimum absolute atomic E-state index is 0. The molecule has 24 heavy (non-hydrogen) atoms. The van der Waals surface area contributed by atoms with Gasteiger partial charge in [-0.1, -0.05) is 30.3 Å². The van der Waals surface area contributed by atoms with Gasteiger partial charge in [0.05, 0.1) is 0 Å². The summed E-state index contributed by atoms with van der Waals surface area (Å²) < 4.78 is 5.40. The summed E-state index contributed by atoms with van der Waals surface area (Å²) in [5.41, 5.74) is 1.39. The van der Waals surface area contributed by atoms with E-state index in [2.05, 4.69) is 47.2 Å². The molecule has 3 atom stereocenters. The lowest BCUT2D eigenvalue weighted by molar-refractivity contribution is -0.137. The van der Waals surface area contributed by atoms with Gasteiger partial charge in [0, 0.05) is 50.7 Å². The van der Waals surface area contributed by atoms with Crippen molar-refractivity contribution in [3.63, 3.8) is 0 Å². The van der Waals surface area contributed by atoms with E-state index in [4.69, 9.17) is 4.74 Å². The predicted molar refractivity (Wildman–Crippen MR) is 96.2 cm³/mol. The average molecular weight is 351 g/mol. The van der Waals surface area contributed by atoms with Crippen LogP contribution < -0.4 is 0 Å². The second-order valence-electron chi connectivity index (χ2n) is 7.35. The molecule has 5 heteroatoms. The molecule has 0 aromatic heterocycles. The van der Waals surface area contributed by atoms with Gasteiger partial charge in [0.1, 0.15) is 0 Å². The number of halogens is 1. The maximum Gasteiger partial charge on any atom is 0.225 e. The third-order valence-corrected chi connectivity index (χ3v) is 5.92. The number of hydrogen-bond donors (Lipinski definition) is 0. The minimum Gasteiger partial charge on any atom is -0.381 e. The van der Waals surface area contributed by atoms with Crippen molar-refractivity contribution >= 4 is 18.3 Å². The zero-order chi connectivity index (χ0) is 15.8. The number of nitrogens with zero attached hydrogens (tertiary/aromatic N) is 2. The number of rotatable bonds is 2. The van der Waals surface area contributed by atoms with E-state index in [1.165, 1.54) is 5.56 Å². The summed E-state index contributed by atoms with van der Waals surface area (Å²) >= 11 is 0. The third kappa shape index (κ3) is 3.19. The standard InChI is InChI=1S/C19H26N2O2.ClH/c1-20-11-16-12-21(19(22)15-7-9-23-10-8-15)13-17(16)18(20)14-5-3-2-4-6-14;/h2-6,15-18H,7-13H2,1H3;1H/t16-,17+,18-;/m0./s1. The van der Waals surface area contributed by atoms with Crippen molar-refractivity contribution in [2.45, 2.75) is 18.9 Å². The van der Waals surface area contributed by atoms with Crippen LogP contribution in [-0.2, 0) is 9.53 Å². The van der Waals surface area contributed by atoms with Crippen LogP contribution in [0.3, 0.4) is 0 Å². The smallest absolute Gasteiger partial charge is 0.225 e. The summed E-state index contributed by atoms with van der Waals surface area (Å²) in [5, 5.41) is 0. The molecule has 4 nitrogen and oxygen atoms in total. The van der Waals surface area contributed by atoms with E-state index < -0.39 is 0 Å². The van der Waals surface area contributed by atoms with Crippen LogP contribution in [0.15, 0.2) is 30.3 Å². The molecule has 0 saturated carbocycles. The lowest BCUT2D eigenvalue weighted by Crippen LogP contribution is -2.39. The number of ether oxygens (including phenoxy) is 1. The Kier molecular flexibility index (Phi) is 5.48. The molecule has 3 aliphatic rings. The van der Waals surface area contributed by atoms with E-state index in [9.17, 15) is 4.79 Å². The highest BCUT2D eigenvalue weighted by Gasteiger charge is 2.47. The monoisotopic (exact) mass is 350 g/mol. The Balaban J connectivity index is 0.00000169. The van der Waals surface area contributed by atoms with Crippen LogP contribution in [0, 0.1) is 17.8 Å². The van der Waals surface area contributed by atoms with Crippen molar-refractivity contribution in [2.24, 2.45) is 17.8 Å². The van der Waals surface area contributed by atoms with Gasteiger partial charge in [-0.15, -0.1) is 12.4 Å². The first-order valence-electron chi connectivity index (χ1n) is 8.86. The lowest BCUT2D eigenvalue weighted by atomic mass is 9.90. The van der Waals surface area contributed by atoms with Gasteiger partial charge in [0.15, 0.2) is 0 Å². The molecule has 132 valence electrons. The summed E-state index contributed by atoms with van der Waals surface area (Å²) in [6.45, 7) is 4.44. The van der Waals surface area contributed by atoms with Crippen molar-refractivity contribution in [3.05, 3.63) is 35.9 Å². The molecule has 3 heterocycles. The molecule has 1 aromatic carbocycles. The van der Waals surface area contributed by atoms with Crippen molar-refractivity contribution in [1.82, 2.24) is 9.80 Å². The Morgan fingerprint density at radius 2 is 1.79 bits per heavy atom. The summed E-state index contributed by atoms with van der Waals surface area (Å²) in [6.07, 6.45) is 1.79. The molecule has 1 amide bonds. The largest absolute Gasteiger partial charge is 0.381 e. The van der Waals surface area contributed by atoms with Gasteiger partial charge in [-0.25, -0.2) is 0 Å². The fourth-order valence-corrected chi connectivity index (χ4v) is 4.79. The quantitative estimate of drug-likeness (QED) is 0.822. The van der Waals surface area contributed by atoms with Gasteiger partial charge in [0.2, 0.25) is 5.91 Å². The van der Waals surface area contributed by atoms with Crippen molar-refractivity contribution in [1.29, 1.82) is 0 Å². The normalized spacial score (nSPS) is 30.9. The highest BCUT2D eigenvalue weighted by Crippen LogP contribution is 2.44. The van der Waals surface area contributed by atoms with Crippen LogP contribution in [0.4, 0.5) is 0 Å². The third-order valence-electron chi connectivity index (χ3n) is 5.92. The van der Waals surface area contributed by atoms with Gasteiger partial charge < -0.3 is 9.64 Å². The van der Waals surface area contributed by atoms with E-state index in [0.29, 0.717) is 23.8 Å². The molecule has 0 spiro atoms. The lowest BCUT2D eigenvalue weighted by Gasteiger charge is -2.29. The van der Waals surface area contributed by atoms with Gasteiger partial charge in [-0.05, 0) is 31.4 Å². The van der Waals surface area contributed by atoms with Crippen LogP contribution in [0.1, 0.15) is 24.4 Å². The second-order valence-corrected chi connectivity index (χ2v) is 7.35. The van der Waals surface area contributed by atoms with Crippen LogP contribution in [0.25, 0.3) is 0 Å². The van der Waals surface area contributed by atoms with Crippen molar-refractivity contribution < 1.29 is 9.53 Å². The maximum absolute atomic E-state index is 12.8. The fraction of sp³-hybridized carbons (Fsp3) is 0.632. The number of carbonyl (C=O) groups excluding carboxylic acids is 1. The Labute approximate surface area is 150 Å². The topological polar surface area (TPSA) is 32.8 Å². The summed E-state index contributed by atoms with van der Waals surface area (Å²) in [6, 6.07) is 11.2. The van der Waals surface area contributed by atoms with Crippen LogP contribution in [0.5, 0.6) is 0 Å². The van der Waals surface area contributed by atoms with E-state index >= 15 is 0 Å². The molecule has 0 N–H and O–H groups in total. The number of amides is 1. The number of benzene rings is 1. The number of hydrogen-bond acceptors (Lipinski definition) is 3. The Hall–Kier alpha value is -1.10. The fourth-order valence-electron chi connectivity index (χ4n) is 4.79. The zero-order valence-electron chi connectivity index (χ0n) is 14.3. The highest BCUT2D eigenvalue weighted by atomic mass is 35.5. The van der Waals surface area contributed by atoms with E-state index in [-0.39, 0.29) is 18.3 Å². The molecule has 4 rings (SSSR count). The van der Waals surface area contributed by atoms with Crippen molar-refractivity contribution in [2.75, 3.05) is 39.9 Å². The average Bonchev–Trinajstić information content (AvgIpc) is 3.12. The number of fused-ring (bicyclic) bond motifs is 1. The first-order chi connectivity index (χ1) is 11.2. The Bertz CT molecular complexity index is 562. The van der Waals surface area contributed by atoms with Crippen LogP contribution >= 0.6 is 12.4 Å². The highest BCUT2D eigenvalue weighted by molar-refractivity contribution is 5.85. The summed E-state index contributed by atoms with van der Waals surface area (Å²) in [5.74, 6) is 1.76.